The van der Waals surface area contributed by atoms with E-state index in [-0.39, 0.29) is 5.41 Å². The zero-order valence-electron chi connectivity index (χ0n) is 10.0. The van der Waals surface area contributed by atoms with Crippen LogP contribution in [-0.2, 0) is 4.79 Å². The Balaban J connectivity index is 2.11. The summed E-state index contributed by atoms with van der Waals surface area (Å²) in [6.45, 7) is 6.46. The highest BCUT2D eigenvalue weighted by molar-refractivity contribution is 5.86. The van der Waals surface area contributed by atoms with Gasteiger partial charge in [0, 0.05) is 18.4 Å². The first-order valence-corrected chi connectivity index (χ1v) is 6.43. The van der Waals surface area contributed by atoms with Crippen molar-refractivity contribution in [2.75, 3.05) is 13.1 Å². The Kier molecular flexibility index (Phi) is 3.15. The minimum Gasteiger partial charge on any atom is -0.315 e. The molecule has 2 aliphatic rings. The van der Waals surface area contributed by atoms with Crippen molar-refractivity contribution in [1.29, 1.82) is 0 Å². The van der Waals surface area contributed by atoms with Crippen LogP contribution in [0.3, 0.4) is 0 Å². The van der Waals surface area contributed by atoms with Gasteiger partial charge in [-0.3, -0.25) is 4.79 Å². The van der Waals surface area contributed by atoms with Crippen LogP contribution >= 0.6 is 0 Å². The topological polar surface area (TPSA) is 29.1 Å². The molecule has 0 radical (unpaired) electrons. The Bertz CT molecular complexity index is 251. The van der Waals surface area contributed by atoms with E-state index in [1.165, 1.54) is 12.8 Å². The molecule has 1 N–H and O–H groups in total. The molecule has 0 bridgehead atoms. The zero-order chi connectivity index (χ0) is 10.9. The van der Waals surface area contributed by atoms with Gasteiger partial charge in [-0.25, -0.2) is 0 Å². The lowest BCUT2D eigenvalue weighted by Gasteiger charge is -2.39. The predicted octanol–water partition coefficient (Wildman–Crippen LogP) is 2.38. The van der Waals surface area contributed by atoms with Crippen LogP contribution < -0.4 is 5.32 Å². The monoisotopic (exact) mass is 209 g/mol. The van der Waals surface area contributed by atoms with Crippen LogP contribution in [0, 0.1) is 17.3 Å². The Morgan fingerprint density at radius 3 is 2.93 bits per heavy atom. The minimum atomic E-state index is 0.0120. The lowest BCUT2D eigenvalue weighted by atomic mass is 9.63. The first-order chi connectivity index (χ1) is 7.19. The van der Waals surface area contributed by atoms with Crippen LogP contribution in [0.4, 0.5) is 0 Å². The highest BCUT2D eigenvalue weighted by Gasteiger charge is 2.49. The minimum absolute atomic E-state index is 0.0120. The van der Waals surface area contributed by atoms with Crippen molar-refractivity contribution in [1.82, 2.24) is 5.32 Å². The van der Waals surface area contributed by atoms with Gasteiger partial charge in [-0.15, -0.1) is 0 Å². The molecule has 2 rings (SSSR count). The maximum atomic E-state index is 12.1. The van der Waals surface area contributed by atoms with Gasteiger partial charge in [0.2, 0.25) is 0 Å². The van der Waals surface area contributed by atoms with E-state index in [2.05, 4.69) is 19.2 Å². The van der Waals surface area contributed by atoms with Gasteiger partial charge in [-0.1, -0.05) is 26.7 Å². The van der Waals surface area contributed by atoms with Gasteiger partial charge in [0.15, 0.2) is 0 Å². The molecule has 1 aliphatic carbocycles. The summed E-state index contributed by atoms with van der Waals surface area (Å²) < 4.78 is 0. The number of hydrogen-bond donors (Lipinski definition) is 1. The lowest BCUT2D eigenvalue weighted by Crippen LogP contribution is -2.43. The summed E-state index contributed by atoms with van der Waals surface area (Å²) in [5.41, 5.74) is 0.0120. The van der Waals surface area contributed by atoms with Gasteiger partial charge >= 0.3 is 0 Å². The smallest absolute Gasteiger partial charge is 0.140 e. The summed E-state index contributed by atoms with van der Waals surface area (Å²) in [4.78, 5) is 12.1. The van der Waals surface area contributed by atoms with Gasteiger partial charge in [0.1, 0.15) is 5.78 Å². The molecule has 3 unspecified atom stereocenters. The predicted molar refractivity (Wildman–Crippen MR) is 61.7 cm³/mol. The lowest BCUT2D eigenvalue weighted by molar-refractivity contribution is -0.134. The molecular formula is C13H23NO. The number of carbonyl (C=O) groups is 1. The SMILES string of the molecule is CCCC1CCC(=O)C2(CNCC2C)C1. The van der Waals surface area contributed by atoms with E-state index in [9.17, 15) is 4.79 Å². The van der Waals surface area contributed by atoms with E-state index < -0.39 is 0 Å². The summed E-state index contributed by atoms with van der Waals surface area (Å²) in [6.07, 6.45) is 5.68. The molecule has 1 heterocycles. The van der Waals surface area contributed by atoms with Crippen LogP contribution in [-0.4, -0.2) is 18.9 Å². The van der Waals surface area contributed by atoms with Gasteiger partial charge in [-0.05, 0) is 31.2 Å². The summed E-state index contributed by atoms with van der Waals surface area (Å²) in [6, 6.07) is 0. The van der Waals surface area contributed by atoms with Crippen molar-refractivity contribution >= 4 is 5.78 Å². The van der Waals surface area contributed by atoms with Crippen molar-refractivity contribution in [2.45, 2.75) is 46.0 Å². The van der Waals surface area contributed by atoms with Crippen molar-refractivity contribution < 1.29 is 4.79 Å². The number of nitrogens with one attached hydrogen (secondary N) is 1. The van der Waals surface area contributed by atoms with Crippen LogP contribution in [0.15, 0.2) is 0 Å². The standard InChI is InChI=1S/C13H23NO/c1-3-4-11-5-6-12(15)13(7-11)9-14-8-10(13)2/h10-11,14H,3-9H2,1-2H3. The van der Waals surface area contributed by atoms with Gasteiger partial charge < -0.3 is 5.32 Å². The summed E-state index contributed by atoms with van der Waals surface area (Å²) in [5.74, 6) is 1.88. The molecule has 0 aromatic carbocycles. The number of rotatable bonds is 2. The van der Waals surface area contributed by atoms with Crippen LogP contribution in [0.25, 0.3) is 0 Å². The normalized spacial score (nSPS) is 41.3. The largest absolute Gasteiger partial charge is 0.315 e. The maximum Gasteiger partial charge on any atom is 0.140 e. The molecular weight excluding hydrogens is 186 g/mol. The number of ketones is 1. The van der Waals surface area contributed by atoms with Gasteiger partial charge in [-0.2, -0.15) is 0 Å². The van der Waals surface area contributed by atoms with Crippen LogP contribution in [0.5, 0.6) is 0 Å². The Morgan fingerprint density at radius 2 is 2.33 bits per heavy atom. The fraction of sp³-hybridized carbons (Fsp3) is 0.923. The second-order valence-corrected chi connectivity index (χ2v) is 5.51. The zero-order valence-corrected chi connectivity index (χ0v) is 10.0. The van der Waals surface area contributed by atoms with E-state index in [1.807, 2.05) is 0 Å². The summed E-state index contributed by atoms with van der Waals surface area (Å²) >= 11 is 0. The van der Waals surface area contributed by atoms with Crippen molar-refractivity contribution in [3.63, 3.8) is 0 Å². The Labute approximate surface area is 92.8 Å². The average molecular weight is 209 g/mol. The third-order valence-corrected chi connectivity index (χ3v) is 4.52. The van der Waals surface area contributed by atoms with Crippen molar-refractivity contribution in [3.8, 4) is 0 Å². The molecule has 3 atom stereocenters. The molecule has 2 heteroatoms. The quantitative estimate of drug-likeness (QED) is 0.756. The average Bonchev–Trinajstić information content (AvgIpc) is 2.56. The summed E-state index contributed by atoms with van der Waals surface area (Å²) in [5, 5.41) is 3.40. The molecule has 2 nitrogen and oxygen atoms in total. The fourth-order valence-corrected chi connectivity index (χ4v) is 3.50. The number of carbonyl (C=O) groups excluding carboxylic acids is 1. The Morgan fingerprint density at radius 1 is 1.53 bits per heavy atom. The second kappa shape index (κ2) is 4.25. The molecule has 2 fully saturated rings. The maximum absolute atomic E-state index is 12.1. The third-order valence-electron chi connectivity index (χ3n) is 4.52. The van der Waals surface area contributed by atoms with Crippen LogP contribution in [0.2, 0.25) is 0 Å². The molecule has 1 spiro atoms. The summed E-state index contributed by atoms with van der Waals surface area (Å²) in [7, 11) is 0. The number of Topliss-reactive ketones (excluding diaryl/α,β-unsaturated/α-hetero) is 1. The second-order valence-electron chi connectivity index (χ2n) is 5.51. The molecule has 1 saturated carbocycles. The first kappa shape index (κ1) is 11.1. The van der Waals surface area contributed by atoms with E-state index >= 15 is 0 Å². The molecule has 15 heavy (non-hydrogen) atoms. The Hall–Kier alpha value is -0.370. The highest BCUT2D eigenvalue weighted by Crippen LogP contribution is 2.45. The van der Waals surface area contributed by atoms with E-state index in [1.54, 1.807) is 0 Å². The molecule has 1 aliphatic heterocycles. The molecule has 1 saturated heterocycles. The molecule has 0 aromatic rings. The van der Waals surface area contributed by atoms with Gasteiger partial charge in [0.05, 0.1) is 0 Å². The van der Waals surface area contributed by atoms with E-state index in [4.69, 9.17) is 0 Å². The van der Waals surface area contributed by atoms with E-state index in [0.29, 0.717) is 11.7 Å². The van der Waals surface area contributed by atoms with Crippen LogP contribution in [0.1, 0.15) is 46.0 Å². The van der Waals surface area contributed by atoms with Crippen molar-refractivity contribution in [3.05, 3.63) is 0 Å². The fourth-order valence-electron chi connectivity index (χ4n) is 3.50. The first-order valence-electron chi connectivity index (χ1n) is 6.43. The molecule has 86 valence electrons. The van der Waals surface area contributed by atoms with Gasteiger partial charge in [0.25, 0.3) is 0 Å². The van der Waals surface area contributed by atoms with E-state index in [0.717, 1.165) is 38.3 Å². The number of hydrogen-bond acceptors (Lipinski definition) is 2. The molecule has 0 amide bonds. The third kappa shape index (κ3) is 1.84. The molecule has 0 aromatic heterocycles. The highest BCUT2D eigenvalue weighted by atomic mass is 16.1. The van der Waals surface area contributed by atoms with Crippen molar-refractivity contribution in [2.24, 2.45) is 17.3 Å².